The van der Waals surface area contributed by atoms with Gasteiger partial charge in [0.15, 0.2) is 23.5 Å². The van der Waals surface area contributed by atoms with Gasteiger partial charge >= 0.3 is 0 Å². The summed E-state index contributed by atoms with van der Waals surface area (Å²) >= 11 is 11.9. The van der Waals surface area contributed by atoms with E-state index in [0.717, 1.165) is 54.4 Å². The minimum Gasteiger partial charge on any atom is -0.351 e. The minimum absolute atomic E-state index is 0.282. The van der Waals surface area contributed by atoms with Crippen LogP contribution in [0.2, 0.25) is 0 Å². The maximum atomic E-state index is 6.19. The number of hydrogen-bond donors (Lipinski definition) is 3. The Kier molecular flexibility index (Phi) is 11.1. The lowest BCUT2D eigenvalue weighted by Crippen LogP contribution is -2.33. The van der Waals surface area contributed by atoms with Gasteiger partial charge in [-0.15, -0.1) is 0 Å². The number of rotatable bonds is 14. The first kappa shape index (κ1) is 31.4. The molecule has 0 aliphatic heterocycles. The summed E-state index contributed by atoms with van der Waals surface area (Å²) in [6, 6.07) is 8.57. The van der Waals surface area contributed by atoms with Gasteiger partial charge in [-0.2, -0.15) is 9.97 Å². The molecular weight excluding hydrogens is 584 g/mol. The molecule has 220 valence electrons. The first-order valence-corrected chi connectivity index (χ1v) is 19.7. The number of aromatic nitrogens is 4. The van der Waals surface area contributed by atoms with Gasteiger partial charge in [0, 0.05) is 36.2 Å². The molecule has 3 aromatic rings. The van der Waals surface area contributed by atoms with E-state index in [9.17, 15) is 0 Å². The Morgan fingerprint density at radius 1 is 0.950 bits per heavy atom. The second-order valence-electron chi connectivity index (χ2n) is 9.71. The van der Waals surface area contributed by atoms with Crippen LogP contribution in [0.3, 0.4) is 0 Å². The third-order valence-corrected chi connectivity index (χ3v) is 16.4. The Balaban J connectivity index is 1.60. The molecule has 4 rings (SSSR count). The number of anilines is 3. The topological polar surface area (TPSA) is 121 Å². The normalized spacial score (nSPS) is 19.4. The van der Waals surface area contributed by atoms with Gasteiger partial charge in [0.2, 0.25) is 5.95 Å². The van der Waals surface area contributed by atoms with E-state index in [2.05, 4.69) is 22.5 Å². The quantitative estimate of drug-likeness (QED) is 0.192. The van der Waals surface area contributed by atoms with Crippen LogP contribution in [-0.2, 0) is 43.7 Å². The zero-order valence-corrected chi connectivity index (χ0v) is 27.1. The summed E-state index contributed by atoms with van der Waals surface area (Å²) < 4.78 is 20.0. The molecule has 0 saturated heterocycles. The van der Waals surface area contributed by atoms with E-state index in [-0.39, 0.29) is 6.04 Å². The molecule has 1 atom stereocenters. The molecule has 14 heteroatoms. The third kappa shape index (κ3) is 7.66. The number of benzene rings is 1. The largest absolute Gasteiger partial charge is 0.351 e. The maximum absolute atomic E-state index is 6.19. The molecule has 1 saturated carbocycles. The molecule has 1 fully saturated rings. The fraction of sp³-hybridized carbons (Fsp3) is 0.577. The van der Waals surface area contributed by atoms with Gasteiger partial charge in [0.1, 0.15) is 6.26 Å². The Hall–Kier alpha value is -1.49. The maximum Gasteiger partial charge on any atom is 0.227 e. The molecule has 0 radical (unpaired) electrons. The summed E-state index contributed by atoms with van der Waals surface area (Å²) in [4.78, 5) is 14.2. The van der Waals surface area contributed by atoms with E-state index in [1.165, 1.54) is 0 Å². The fourth-order valence-corrected chi connectivity index (χ4v) is 15.1. The molecule has 0 bridgehead atoms. The van der Waals surface area contributed by atoms with E-state index in [0.29, 0.717) is 43.5 Å². The Morgan fingerprint density at radius 3 is 2.20 bits per heavy atom. The molecule has 1 aliphatic rings. The summed E-state index contributed by atoms with van der Waals surface area (Å²) in [7, 11) is 0. The van der Waals surface area contributed by atoms with Crippen LogP contribution in [-0.4, -0.2) is 57.3 Å². The van der Waals surface area contributed by atoms with Crippen molar-refractivity contribution in [2.24, 2.45) is 5.73 Å². The Morgan fingerprint density at radius 2 is 1.60 bits per heavy atom. The fourth-order valence-electron chi connectivity index (χ4n) is 4.83. The average molecular weight is 626 g/mol. The van der Waals surface area contributed by atoms with Crippen molar-refractivity contribution in [3.05, 3.63) is 30.6 Å². The molecule has 1 aromatic carbocycles. The van der Waals surface area contributed by atoms with Gasteiger partial charge in [-0.05, 0) is 89.5 Å². The van der Waals surface area contributed by atoms with E-state index in [1.54, 1.807) is 6.33 Å². The SMILES string of the molecule is CCOP(=S)(CP(=S)(OCC)c1ccc(Nc2nc(NC3CCC(N)CC3)nc3c2ncn3CC)cc1)OCC. The lowest BCUT2D eigenvalue weighted by Gasteiger charge is -2.29. The molecule has 10 nitrogen and oxygen atoms in total. The zero-order chi connectivity index (χ0) is 28.8. The first-order valence-electron chi connectivity index (χ1n) is 14.0. The summed E-state index contributed by atoms with van der Waals surface area (Å²) in [5, 5.41) is 7.92. The molecular formula is C26H41N7O3P2S2. The van der Waals surface area contributed by atoms with Gasteiger partial charge in [-0.1, -0.05) is 11.8 Å². The van der Waals surface area contributed by atoms with Gasteiger partial charge in [0.05, 0.1) is 25.4 Å². The van der Waals surface area contributed by atoms with Crippen LogP contribution >= 0.6 is 12.8 Å². The number of hydrogen-bond acceptors (Lipinski definition) is 11. The number of nitrogens with zero attached hydrogens (tertiary/aromatic N) is 4. The molecule has 1 aliphatic carbocycles. The standard InChI is InChI=1S/C26H41N7O3P2S2/c1-5-33-17-28-23-24(31-26(32-25(23)33)30-21-11-9-19(27)10-12-21)29-20-13-15-22(16-14-20)37(39,34-6-2)18-38(40,35-7-3)36-8-4/h13-17,19,21H,5-12,18,27H2,1-4H3,(H2,29,30,31,32). The highest BCUT2D eigenvalue weighted by molar-refractivity contribution is 8.23. The predicted octanol–water partition coefficient (Wildman–Crippen LogP) is 5.67. The van der Waals surface area contributed by atoms with Gasteiger partial charge in [0.25, 0.3) is 0 Å². The molecule has 0 amide bonds. The van der Waals surface area contributed by atoms with Crippen LogP contribution in [0.5, 0.6) is 0 Å². The summed E-state index contributed by atoms with van der Waals surface area (Å²) in [6.07, 6.45) is 3.33. The highest BCUT2D eigenvalue weighted by Gasteiger charge is 2.31. The Labute approximate surface area is 247 Å². The van der Waals surface area contributed by atoms with Crippen molar-refractivity contribution in [2.45, 2.75) is 72.0 Å². The van der Waals surface area contributed by atoms with Crippen LogP contribution in [0, 0.1) is 0 Å². The van der Waals surface area contributed by atoms with Gasteiger partial charge in [-0.3, -0.25) is 0 Å². The summed E-state index contributed by atoms with van der Waals surface area (Å²) in [5.74, 6) is 1.65. The van der Waals surface area contributed by atoms with E-state index < -0.39 is 12.8 Å². The number of aryl methyl sites for hydroxylation is 1. The van der Waals surface area contributed by atoms with E-state index in [1.807, 2.05) is 49.6 Å². The van der Waals surface area contributed by atoms with E-state index >= 15 is 0 Å². The highest BCUT2D eigenvalue weighted by atomic mass is 32.5. The Bertz CT molecular complexity index is 1350. The minimum atomic E-state index is -2.56. The average Bonchev–Trinajstić information content (AvgIpc) is 3.34. The number of nitrogens with one attached hydrogen (secondary N) is 2. The number of nitrogens with two attached hydrogens (primary N) is 1. The number of imidazole rings is 1. The zero-order valence-electron chi connectivity index (χ0n) is 23.7. The summed E-state index contributed by atoms with van der Waals surface area (Å²) in [5.41, 5.74) is 8.47. The molecule has 2 aromatic heterocycles. The smallest absolute Gasteiger partial charge is 0.227 e. The van der Waals surface area contributed by atoms with Crippen LogP contribution in [0.15, 0.2) is 30.6 Å². The highest BCUT2D eigenvalue weighted by Crippen LogP contribution is 2.63. The van der Waals surface area contributed by atoms with Crippen LogP contribution in [0.1, 0.15) is 53.4 Å². The van der Waals surface area contributed by atoms with Crippen molar-refractivity contribution < 1.29 is 13.6 Å². The number of fused-ring (bicyclic) bond motifs is 1. The lowest BCUT2D eigenvalue weighted by atomic mass is 9.92. The van der Waals surface area contributed by atoms with Crippen molar-refractivity contribution >= 4 is 70.3 Å². The summed E-state index contributed by atoms with van der Waals surface area (Å²) in [6.45, 7) is 7.52. The van der Waals surface area contributed by atoms with Crippen LogP contribution in [0.4, 0.5) is 17.5 Å². The second kappa shape index (κ2) is 14.1. The van der Waals surface area contributed by atoms with Crippen molar-refractivity contribution in [3.8, 4) is 0 Å². The molecule has 0 spiro atoms. The third-order valence-electron chi connectivity index (χ3n) is 6.78. The molecule has 2 heterocycles. The molecule has 1 unspecified atom stereocenters. The van der Waals surface area contributed by atoms with Crippen molar-refractivity contribution in [1.29, 1.82) is 0 Å². The van der Waals surface area contributed by atoms with Crippen molar-refractivity contribution in [1.82, 2.24) is 19.5 Å². The molecule has 40 heavy (non-hydrogen) atoms. The predicted molar refractivity (Wildman–Crippen MR) is 173 cm³/mol. The monoisotopic (exact) mass is 625 g/mol. The van der Waals surface area contributed by atoms with Gasteiger partial charge < -0.3 is 34.5 Å². The first-order chi connectivity index (χ1) is 19.2. The van der Waals surface area contributed by atoms with Gasteiger partial charge in [-0.25, -0.2) is 4.98 Å². The van der Waals surface area contributed by atoms with Crippen molar-refractivity contribution in [2.75, 3.05) is 36.4 Å². The second-order valence-corrected chi connectivity index (χ2v) is 18.1. The molecule has 4 N–H and O–H groups in total. The van der Waals surface area contributed by atoms with Crippen LogP contribution < -0.4 is 21.7 Å². The van der Waals surface area contributed by atoms with Crippen LogP contribution in [0.25, 0.3) is 11.2 Å². The van der Waals surface area contributed by atoms with E-state index in [4.69, 9.17) is 52.9 Å². The lowest BCUT2D eigenvalue weighted by molar-refractivity contribution is 0.269. The van der Waals surface area contributed by atoms with Crippen molar-refractivity contribution in [3.63, 3.8) is 0 Å².